The van der Waals surface area contributed by atoms with Crippen LogP contribution in [0.5, 0.6) is 0 Å². The van der Waals surface area contributed by atoms with Gasteiger partial charge in [-0.05, 0) is 17.0 Å². The summed E-state index contributed by atoms with van der Waals surface area (Å²) >= 11 is 0. The predicted octanol–water partition coefficient (Wildman–Crippen LogP) is 1.36. The standard InChI is InChI=1S/C15H24N2O3S/c1-4-21(19,20)10-15(18)17-9-14(16)13-7-5-12(6-8-13)11(2)3/h5-8,11,14H,4,9-10,16H2,1-3H3,(H,17,18). The van der Waals surface area contributed by atoms with Gasteiger partial charge in [-0.1, -0.05) is 45.0 Å². The molecule has 3 N–H and O–H groups in total. The van der Waals surface area contributed by atoms with Crippen molar-refractivity contribution in [3.63, 3.8) is 0 Å². The van der Waals surface area contributed by atoms with Crippen LogP contribution >= 0.6 is 0 Å². The lowest BCUT2D eigenvalue weighted by molar-refractivity contribution is -0.118. The molecule has 6 heteroatoms. The molecular weight excluding hydrogens is 288 g/mol. The lowest BCUT2D eigenvalue weighted by atomic mass is 9.99. The van der Waals surface area contributed by atoms with Crippen molar-refractivity contribution in [3.05, 3.63) is 35.4 Å². The van der Waals surface area contributed by atoms with E-state index in [0.717, 1.165) is 5.56 Å². The summed E-state index contributed by atoms with van der Waals surface area (Å²) in [4.78, 5) is 11.6. The molecule has 0 fully saturated rings. The van der Waals surface area contributed by atoms with Gasteiger partial charge in [-0.25, -0.2) is 8.42 Å². The zero-order chi connectivity index (χ0) is 16.0. The number of carbonyl (C=O) groups is 1. The molecule has 0 spiro atoms. The summed E-state index contributed by atoms with van der Waals surface area (Å²) in [6.07, 6.45) is 0. The fraction of sp³-hybridized carbons (Fsp3) is 0.533. The number of nitrogens with one attached hydrogen (secondary N) is 1. The Morgan fingerprint density at radius 3 is 2.19 bits per heavy atom. The minimum Gasteiger partial charge on any atom is -0.353 e. The Bertz CT molecular complexity index is 565. The van der Waals surface area contributed by atoms with E-state index < -0.39 is 21.5 Å². The first-order valence-electron chi connectivity index (χ1n) is 7.07. The van der Waals surface area contributed by atoms with Gasteiger partial charge in [0.1, 0.15) is 5.75 Å². The van der Waals surface area contributed by atoms with E-state index in [2.05, 4.69) is 19.2 Å². The maximum absolute atomic E-state index is 11.6. The predicted molar refractivity (Wildman–Crippen MR) is 84.8 cm³/mol. The highest BCUT2D eigenvalue weighted by Crippen LogP contribution is 2.17. The van der Waals surface area contributed by atoms with Crippen LogP contribution in [-0.4, -0.2) is 32.4 Å². The van der Waals surface area contributed by atoms with Crippen LogP contribution in [0.15, 0.2) is 24.3 Å². The van der Waals surface area contributed by atoms with Crippen molar-refractivity contribution in [1.82, 2.24) is 5.32 Å². The molecule has 0 saturated carbocycles. The summed E-state index contributed by atoms with van der Waals surface area (Å²) < 4.78 is 22.7. The molecule has 0 aliphatic heterocycles. The maximum atomic E-state index is 11.6. The molecule has 21 heavy (non-hydrogen) atoms. The zero-order valence-electron chi connectivity index (χ0n) is 12.8. The molecule has 1 unspecified atom stereocenters. The molecule has 0 bridgehead atoms. The Balaban J connectivity index is 2.54. The molecule has 1 atom stereocenters. The van der Waals surface area contributed by atoms with Crippen molar-refractivity contribution in [3.8, 4) is 0 Å². The molecule has 1 amide bonds. The Morgan fingerprint density at radius 1 is 1.19 bits per heavy atom. The fourth-order valence-electron chi connectivity index (χ4n) is 1.82. The van der Waals surface area contributed by atoms with Gasteiger partial charge in [-0.3, -0.25) is 4.79 Å². The molecular formula is C15H24N2O3S. The highest BCUT2D eigenvalue weighted by Gasteiger charge is 2.15. The van der Waals surface area contributed by atoms with Crippen LogP contribution in [-0.2, 0) is 14.6 Å². The van der Waals surface area contributed by atoms with E-state index >= 15 is 0 Å². The average molecular weight is 312 g/mol. The largest absolute Gasteiger partial charge is 0.353 e. The normalized spacial score (nSPS) is 13.2. The van der Waals surface area contributed by atoms with Crippen molar-refractivity contribution in [2.24, 2.45) is 5.73 Å². The Hall–Kier alpha value is -1.40. The molecule has 0 saturated heterocycles. The van der Waals surface area contributed by atoms with E-state index in [0.29, 0.717) is 5.92 Å². The number of nitrogens with two attached hydrogens (primary N) is 1. The summed E-state index contributed by atoms with van der Waals surface area (Å²) in [5, 5.41) is 2.57. The van der Waals surface area contributed by atoms with E-state index in [1.165, 1.54) is 12.5 Å². The van der Waals surface area contributed by atoms with E-state index in [1.54, 1.807) is 0 Å². The Kier molecular flexibility index (Phi) is 6.36. The van der Waals surface area contributed by atoms with Crippen LogP contribution < -0.4 is 11.1 Å². The minimum absolute atomic E-state index is 0.0386. The minimum atomic E-state index is -3.30. The number of sulfone groups is 1. The van der Waals surface area contributed by atoms with Gasteiger partial charge in [0.25, 0.3) is 0 Å². The van der Waals surface area contributed by atoms with Gasteiger partial charge in [0.15, 0.2) is 9.84 Å². The first-order chi connectivity index (χ1) is 9.75. The molecule has 0 heterocycles. The molecule has 1 aromatic carbocycles. The smallest absolute Gasteiger partial charge is 0.235 e. The summed E-state index contributed by atoms with van der Waals surface area (Å²) in [5.41, 5.74) is 8.14. The van der Waals surface area contributed by atoms with Crippen LogP contribution in [0.25, 0.3) is 0 Å². The summed E-state index contributed by atoms with van der Waals surface area (Å²) in [6.45, 7) is 5.97. The van der Waals surface area contributed by atoms with E-state index in [9.17, 15) is 13.2 Å². The van der Waals surface area contributed by atoms with Crippen molar-refractivity contribution in [2.45, 2.75) is 32.7 Å². The van der Waals surface area contributed by atoms with Crippen molar-refractivity contribution in [1.29, 1.82) is 0 Å². The van der Waals surface area contributed by atoms with E-state index in [-0.39, 0.29) is 18.3 Å². The lowest BCUT2D eigenvalue weighted by Crippen LogP contribution is -2.36. The number of carbonyl (C=O) groups excluding carboxylic acids is 1. The van der Waals surface area contributed by atoms with Gasteiger partial charge < -0.3 is 11.1 Å². The second-order valence-corrected chi connectivity index (χ2v) is 7.76. The monoisotopic (exact) mass is 312 g/mol. The summed E-state index contributed by atoms with van der Waals surface area (Å²) in [6, 6.07) is 7.57. The van der Waals surface area contributed by atoms with Crippen molar-refractivity contribution < 1.29 is 13.2 Å². The topological polar surface area (TPSA) is 89.3 Å². The molecule has 118 valence electrons. The fourth-order valence-corrected chi connectivity index (χ4v) is 2.53. The third kappa shape index (κ3) is 5.85. The number of benzene rings is 1. The number of hydrogen-bond donors (Lipinski definition) is 2. The van der Waals surface area contributed by atoms with Gasteiger partial charge >= 0.3 is 0 Å². The van der Waals surface area contributed by atoms with Crippen LogP contribution in [0.2, 0.25) is 0 Å². The quantitative estimate of drug-likeness (QED) is 0.795. The third-order valence-electron chi connectivity index (χ3n) is 3.34. The molecule has 0 aromatic heterocycles. The molecule has 0 aliphatic carbocycles. The Morgan fingerprint density at radius 2 is 1.71 bits per heavy atom. The first kappa shape index (κ1) is 17.7. The third-order valence-corrected chi connectivity index (χ3v) is 4.92. The average Bonchev–Trinajstić information content (AvgIpc) is 2.44. The van der Waals surface area contributed by atoms with Gasteiger partial charge in [0.2, 0.25) is 5.91 Å². The van der Waals surface area contributed by atoms with Gasteiger partial charge in [-0.15, -0.1) is 0 Å². The van der Waals surface area contributed by atoms with E-state index in [1.807, 2.05) is 24.3 Å². The van der Waals surface area contributed by atoms with Crippen LogP contribution in [0.4, 0.5) is 0 Å². The van der Waals surface area contributed by atoms with Crippen molar-refractivity contribution >= 4 is 15.7 Å². The summed E-state index contributed by atoms with van der Waals surface area (Å²) in [7, 11) is -3.30. The van der Waals surface area contributed by atoms with Crippen LogP contribution in [0.1, 0.15) is 43.9 Å². The molecule has 1 aromatic rings. The van der Waals surface area contributed by atoms with Crippen LogP contribution in [0.3, 0.4) is 0 Å². The molecule has 0 aliphatic rings. The van der Waals surface area contributed by atoms with E-state index in [4.69, 9.17) is 5.73 Å². The van der Waals surface area contributed by atoms with Gasteiger partial charge in [0, 0.05) is 18.3 Å². The number of rotatable bonds is 7. The first-order valence-corrected chi connectivity index (χ1v) is 8.90. The van der Waals surface area contributed by atoms with Crippen LogP contribution in [0, 0.1) is 0 Å². The van der Waals surface area contributed by atoms with Crippen molar-refractivity contribution in [2.75, 3.05) is 18.1 Å². The lowest BCUT2D eigenvalue weighted by Gasteiger charge is -2.14. The molecule has 1 rings (SSSR count). The SMILES string of the molecule is CCS(=O)(=O)CC(=O)NCC(N)c1ccc(C(C)C)cc1. The number of hydrogen-bond acceptors (Lipinski definition) is 4. The maximum Gasteiger partial charge on any atom is 0.235 e. The summed E-state index contributed by atoms with van der Waals surface area (Å²) in [5.74, 6) is -0.577. The molecule has 5 nitrogen and oxygen atoms in total. The Labute approximate surface area is 126 Å². The highest BCUT2D eigenvalue weighted by molar-refractivity contribution is 7.92. The highest BCUT2D eigenvalue weighted by atomic mass is 32.2. The zero-order valence-corrected chi connectivity index (χ0v) is 13.6. The second-order valence-electron chi connectivity index (χ2n) is 5.41. The second kappa shape index (κ2) is 7.56. The molecule has 0 radical (unpaired) electrons. The van der Waals surface area contributed by atoms with Gasteiger partial charge in [-0.2, -0.15) is 0 Å². The van der Waals surface area contributed by atoms with Gasteiger partial charge in [0.05, 0.1) is 0 Å². The number of amides is 1.